The van der Waals surface area contributed by atoms with Crippen molar-refractivity contribution in [3.05, 3.63) is 33.2 Å². The Morgan fingerprint density at radius 2 is 2.00 bits per heavy atom. The first kappa shape index (κ1) is 17.0. The molecule has 1 fully saturated rings. The number of hydrogen-bond donors (Lipinski definition) is 5. The monoisotopic (exact) mass is 364 g/mol. The minimum atomic E-state index is -4.81. The van der Waals surface area contributed by atoms with E-state index >= 15 is 0 Å². The maximum absolute atomic E-state index is 12.0. The van der Waals surface area contributed by atoms with Crippen LogP contribution in [0.1, 0.15) is 6.23 Å². The van der Waals surface area contributed by atoms with E-state index in [4.69, 9.17) is 18.9 Å². The third-order valence-corrected chi connectivity index (χ3v) is 4.03. The molecule has 0 amide bonds. The summed E-state index contributed by atoms with van der Waals surface area (Å²) in [6, 6.07) is 1.30. The van der Waals surface area contributed by atoms with Crippen molar-refractivity contribution < 1.29 is 38.2 Å². The van der Waals surface area contributed by atoms with Crippen molar-refractivity contribution in [1.29, 1.82) is 0 Å². The van der Waals surface area contributed by atoms with Gasteiger partial charge in [-0.3, -0.25) is 14.3 Å². The summed E-state index contributed by atoms with van der Waals surface area (Å²) in [5.74, 6) is 0. The zero-order valence-electron chi connectivity index (χ0n) is 11.8. The predicted molar refractivity (Wildman–Crippen MR) is 75.0 cm³/mol. The molecule has 0 radical (unpaired) electrons. The second kappa shape index (κ2) is 5.93. The van der Waals surface area contributed by atoms with Gasteiger partial charge in [-0.15, -0.1) is 0 Å². The van der Waals surface area contributed by atoms with E-state index in [1.165, 1.54) is 6.07 Å². The third-order valence-electron chi connectivity index (χ3n) is 3.55. The van der Waals surface area contributed by atoms with Crippen LogP contribution in [0, 0.1) is 0 Å². The van der Waals surface area contributed by atoms with Crippen LogP contribution in [0.4, 0.5) is 0 Å². The number of nitrogens with one attached hydrogen (secondary N) is 1. The van der Waals surface area contributed by atoms with E-state index in [1.807, 2.05) is 4.98 Å². The number of aliphatic hydroxyl groups excluding tert-OH is 2. The van der Waals surface area contributed by atoms with Gasteiger partial charge in [0, 0.05) is 0 Å². The smallest absolute Gasteiger partial charge is 0.447 e. The fraction of sp³-hybridized carbons (Fsp3) is 0.455. The van der Waals surface area contributed by atoms with Gasteiger partial charge < -0.3 is 29.2 Å². The minimum absolute atomic E-state index is 0.0230. The molecule has 12 nitrogen and oxygen atoms in total. The van der Waals surface area contributed by atoms with Crippen LogP contribution >= 0.6 is 7.82 Å². The summed E-state index contributed by atoms with van der Waals surface area (Å²) in [5, 5.41) is 20.0. The lowest BCUT2D eigenvalue weighted by Crippen LogP contribution is -2.38. The zero-order valence-corrected chi connectivity index (χ0v) is 12.7. The Labute approximate surface area is 132 Å². The summed E-state index contributed by atoms with van der Waals surface area (Å²) in [6.45, 7) is -0.724. The summed E-state index contributed by atoms with van der Waals surface area (Å²) in [6.07, 6.45) is -4.84. The predicted octanol–water partition coefficient (Wildman–Crippen LogP) is -1.99. The van der Waals surface area contributed by atoms with E-state index < -0.39 is 50.2 Å². The van der Waals surface area contributed by atoms with Crippen molar-refractivity contribution in [2.45, 2.75) is 24.5 Å². The summed E-state index contributed by atoms with van der Waals surface area (Å²) in [4.78, 5) is 43.1. The first-order valence-electron chi connectivity index (χ1n) is 6.63. The van der Waals surface area contributed by atoms with Crippen molar-refractivity contribution >= 4 is 18.9 Å². The van der Waals surface area contributed by atoms with Crippen LogP contribution in [0.3, 0.4) is 0 Å². The molecule has 1 aliphatic rings. The Balaban J connectivity index is 1.96. The number of aromatic amines is 1. The number of phosphoric ester groups is 1. The molecule has 0 spiro atoms. The van der Waals surface area contributed by atoms with Crippen LogP contribution in [0.2, 0.25) is 0 Å². The maximum atomic E-state index is 12.0. The number of phosphoric acid groups is 1. The molecular weight excluding hydrogens is 351 g/mol. The van der Waals surface area contributed by atoms with Gasteiger partial charge in [0.2, 0.25) is 5.71 Å². The van der Waals surface area contributed by atoms with E-state index in [1.54, 1.807) is 0 Å². The number of furan rings is 1. The second-order valence-electron chi connectivity index (χ2n) is 5.10. The van der Waals surface area contributed by atoms with Crippen LogP contribution in [-0.4, -0.2) is 54.5 Å². The molecule has 2 aromatic rings. The van der Waals surface area contributed by atoms with E-state index in [9.17, 15) is 24.4 Å². The fourth-order valence-electron chi connectivity index (χ4n) is 2.46. The number of nitrogens with zero attached hydrogens (tertiary/aromatic N) is 1. The largest absolute Gasteiger partial charge is 0.469 e. The Morgan fingerprint density at radius 3 is 2.67 bits per heavy atom. The number of aromatic nitrogens is 2. The van der Waals surface area contributed by atoms with Gasteiger partial charge in [-0.2, -0.15) is 0 Å². The lowest BCUT2D eigenvalue weighted by Gasteiger charge is -2.17. The molecule has 4 atom stereocenters. The first-order valence-corrected chi connectivity index (χ1v) is 8.16. The molecule has 2 aromatic heterocycles. The molecule has 0 aromatic carbocycles. The van der Waals surface area contributed by atoms with Crippen molar-refractivity contribution in [2.75, 3.05) is 6.61 Å². The highest BCUT2D eigenvalue weighted by Crippen LogP contribution is 2.38. The quantitative estimate of drug-likeness (QED) is 0.380. The molecule has 0 bridgehead atoms. The number of hydrogen-bond acceptors (Lipinski definition) is 8. The van der Waals surface area contributed by atoms with E-state index in [0.717, 1.165) is 10.8 Å². The number of rotatable bonds is 4. The van der Waals surface area contributed by atoms with E-state index in [-0.39, 0.29) is 11.1 Å². The average Bonchev–Trinajstić information content (AvgIpc) is 3.05. The van der Waals surface area contributed by atoms with Gasteiger partial charge in [0.1, 0.15) is 23.7 Å². The standard InChI is InChI=1S/C11H13N2O10P/c14-6-5(3-22-24(18,19)20)23-10(7(6)15)13-9-4(1-2-21-9)8(16)12-11(13)17/h1-2,5-7,10,14-15H,3H2,(H,12,16,17)(H2,18,19,20)/t5-,6-,7-,10-/m1/s1. The van der Waals surface area contributed by atoms with Crippen LogP contribution in [0.15, 0.2) is 26.3 Å². The van der Waals surface area contributed by atoms with Crippen LogP contribution < -0.4 is 11.2 Å². The van der Waals surface area contributed by atoms with Gasteiger partial charge in [0.15, 0.2) is 6.23 Å². The van der Waals surface area contributed by atoms with Gasteiger partial charge in [-0.1, -0.05) is 0 Å². The maximum Gasteiger partial charge on any atom is 0.469 e. The molecular formula is C11H13N2O10P. The molecule has 13 heteroatoms. The Hall–Kier alpha value is -1.79. The lowest BCUT2D eigenvalue weighted by molar-refractivity contribution is -0.0532. The lowest BCUT2D eigenvalue weighted by atomic mass is 10.1. The molecule has 1 saturated heterocycles. The Bertz CT molecular complexity index is 909. The summed E-state index contributed by atoms with van der Waals surface area (Å²) in [5.41, 5.74) is -1.83. The first-order chi connectivity index (χ1) is 11.2. The van der Waals surface area contributed by atoms with Crippen LogP contribution in [-0.2, 0) is 13.8 Å². The van der Waals surface area contributed by atoms with E-state index in [2.05, 4.69) is 4.52 Å². The van der Waals surface area contributed by atoms with Gasteiger partial charge in [-0.05, 0) is 6.07 Å². The molecule has 5 N–H and O–H groups in total. The van der Waals surface area contributed by atoms with E-state index in [0.29, 0.717) is 0 Å². The molecule has 24 heavy (non-hydrogen) atoms. The highest BCUT2D eigenvalue weighted by Gasteiger charge is 2.45. The molecule has 3 rings (SSSR count). The summed E-state index contributed by atoms with van der Waals surface area (Å²) >= 11 is 0. The Kier molecular flexibility index (Phi) is 4.21. The highest BCUT2D eigenvalue weighted by atomic mass is 31.2. The molecule has 0 saturated carbocycles. The molecule has 132 valence electrons. The van der Waals surface area contributed by atoms with Gasteiger partial charge in [0.25, 0.3) is 5.56 Å². The zero-order chi connectivity index (χ0) is 17.6. The van der Waals surface area contributed by atoms with Gasteiger partial charge in [0.05, 0.1) is 12.9 Å². The third kappa shape index (κ3) is 2.96. The molecule has 0 aliphatic carbocycles. The number of fused-ring (bicyclic) bond motifs is 1. The molecule has 3 heterocycles. The topological polar surface area (TPSA) is 184 Å². The molecule has 0 unspecified atom stereocenters. The fourth-order valence-corrected chi connectivity index (χ4v) is 2.80. The normalized spacial score (nSPS) is 27.8. The molecule has 1 aliphatic heterocycles. The number of H-pyrrole nitrogens is 1. The average molecular weight is 364 g/mol. The minimum Gasteiger partial charge on any atom is -0.447 e. The SMILES string of the molecule is O=c1[nH]c(=O)n([C@@H]2O[C@H](COP(=O)(O)O)[C@@H](O)[C@H]2O)c2occc12. The van der Waals surface area contributed by atoms with Crippen molar-refractivity contribution in [3.63, 3.8) is 0 Å². The number of ether oxygens (including phenoxy) is 1. The second-order valence-corrected chi connectivity index (χ2v) is 6.34. The van der Waals surface area contributed by atoms with Gasteiger partial charge in [-0.25, -0.2) is 13.9 Å². The Morgan fingerprint density at radius 1 is 1.29 bits per heavy atom. The summed E-state index contributed by atoms with van der Waals surface area (Å²) < 4.78 is 26.1. The van der Waals surface area contributed by atoms with Crippen molar-refractivity contribution in [1.82, 2.24) is 9.55 Å². The van der Waals surface area contributed by atoms with Crippen LogP contribution in [0.25, 0.3) is 11.1 Å². The van der Waals surface area contributed by atoms with Crippen molar-refractivity contribution in [3.8, 4) is 0 Å². The van der Waals surface area contributed by atoms with Crippen LogP contribution in [0.5, 0.6) is 0 Å². The number of aliphatic hydroxyl groups is 2. The highest BCUT2D eigenvalue weighted by molar-refractivity contribution is 7.46. The van der Waals surface area contributed by atoms with Crippen molar-refractivity contribution in [2.24, 2.45) is 0 Å². The van der Waals surface area contributed by atoms with Gasteiger partial charge >= 0.3 is 13.5 Å². The summed E-state index contributed by atoms with van der Waals surface area (Å²) in [7, 11) is -4.81.